The van der Waals surface area contributed by atoms with Gasteiger partial charge in [-0.25, -0.2) is 0 Å². The van der Waals surface area contributed by atoms with Crippen LogP contribution in [0, 0.1) is 0 Å². The predicted molar refractivity (Wildman–Crippen MR) is 39.6 cm³/mol. The van der Waals surface area contributed by atoms with Gasteiger partial charge < -0.3 is 0 Å². The van der Waals surface area contributed by atoms with E-state index in [4.69, 9.17) is 4.84 Å². The van der Waals surface area contributed by atoms with Gasteiger partial charge in [-0.3, -0.25) is 14.9 Å². The molecule has 0 bridgehead atoms. The Morgan fingerprint density at radius 1 is 1.60 bits per heavy atom. The van der Waals surface area contributed by atoms with Crippen molar-refractivity contribution in [2.45, 2.75) is 0 Å². The highest BCUT2D eigenvalue weighted by atomic mass is 16.7. The van der Waals surface area contributed by atoms with Gasteiger partial charge in [0, 0.05) is 13.2 Å². The van der Waals surface area contributed by atoms with E-state index >= 15 is 0 Å². The summed E-state index contributed by atoms with van der Waals surface area (Å²) in [4.78, 5) is 8.86. The van der Waals surface area contributed by atoms with Crippen LogP contribution >= 0.6 is 0 Å². The third kappa shape index (κ3) is 1.45. The minimum Gasteiger partial charge on any atom is -0.277 e. The quantitative estimate of drug-likeness (QED) is 0.572. The van der Waals surface area contributed by atoms with E-state index in [0.29, 0.717) is 0 Å². The van der Waals surface area contributed by atoms with E-state index < -0.39 is 0 Å². The Kier molecular flexibility index (Phi) is 2.23. The van der Waals surface area contributed by atoms with E-state index in [1.165, 1.54) is 0 Å². The highest BCUT2D eigenvalue weighted by Gasteiger charge is 1.94. The topological polar surface area (TPSA) is 25.4 Å². The zero-order valence-corrected chi connectivity index (χ0v) is 6.11. The highest BCUT2D eigenvalue weighted by Crippen LogP contribution is 2.07. The first-order chi connectivity index (χ1) is 4.84. The maximum atomic E-state index is 4.93. The molecular formula is C7H10N2O. The van der Waals surface area contributed by atoms with Gasteiger partial charge in [-0.05, 0) is 12.1 Å². The molecule has 0 saturated heterocycles. The van der Waals surface area contributed by atoms with Crippen molar-refractivity contribution in [1.82, 2.24) is 4.98 Å². The third-order valence-corrected chi connectivity index (χ3v) is 1.28. The molecular weight excluding hydrogens is 128 g/mol. The summed E-state index contributed by atoms with van der Waals surface area (Å²) in [6.45, 7) is 0. The van der Waals surface area contributed by atoms with Crippen LogP contribution in [-0.4, -0.2) is 19.1 Å². The summed E-state index contributed by atoms with van der Waals surface area (Å²) in [5, 5.41) is 1.65. The van der Waals surface area contributed by atoms with Crippen molar-refractivity contribution in [3.63, 3.8) is 0 Å². The van der Waals surface area contributed by atoms with Crippen molar-refractivity contribution in [3.8, 4) is 0 Å². The summed E-state index contributed by atoms with van der Waals surface area (Å²) in [5.41, 5.74) is 0.949. The smallest absolute Gasteiger partial charge is 0.0816 e. The van der Waals surface area contributed by atoms with Gasteiger partial charge in [-0.2, -0.15) is 0 Å². The number of pyridine rings is 1. The summed E-state index contributed by atoms with van der Waals surface area (Å²) in [7, 11) is 3.45. The molecule has 1 aromatic rings. The molecule has 0 spiro atoms. The number of hydrogen-bond donors (Lipinski definition) is 0. The van der Waals surface area contributed by atoms with Crippen LogP contribution in [0.5, 0.6) is 0 Å². The lowest BCUT2D eigenvalue weighted by Gasteiger charge is -2.14. The van der Waals surface area contributed by atoms with Gasteiger partial charge in [-0.15, -0.1) is 0 Å². The molecule has 0 aliphatic heterocycles. The third-order valence-electron chi connectivity index (χ3n) is 1.28. The maximum absolute atomic E-state index is 4.93. The van der Waals surface area contributed by atoms with Crippen LogP contribution in [0.3, 0.4) is 0 Å². The van der Waals surface area contributed by atoms with Crippen molar-refractivity contribution >= 4 is 5.69 Å². The molecule has 0 amide bonds. The Bertz CT molecular complexity index is 188. The van der Waals surface area contributed by atoms with Crippen LogP contribution in [0.2, 0.25) is 0 Å². The predicted octanol–water partition coefficient (Wildman–Crippen LogP) is 1.08. The van der Waals surface area contributed by atoms with E-state index in [0.717, 1.165) is 5.69 Å². The molecule has 0 atom stereocenters. The molecule has 0 radical (unpaired) electrons. The van der Waals surface area contributed by atoms with Crippen LogP contribution < -0.4 is 5.06 Å². The van der Waals surface area contributed by atoms with Crippen LogP contribution in [-0.2, 0) is 4.84 Å². The lowest BCUT2D eigenvalue weighted by molar-refractivity contribution is 0.184. The fourth-order valence-corrected chi connectivity index (χ4v) is 0.645. The van der Waals surface area contributed by atoms with Crippen molar-refractivity contribution in [1.29, 1.82) is 0 Å². The SMILES string of the molecule is CON(C)c1cccnc1. The molecule has 0 aliphatic carbocycles. The zero-order valence-electron chi connectivity index (χ0n) is 6.11. The molecule has 3 nitrogen and oxygen atoms in total. The van der Waals surface area contributed by atoms with Gasteiger partial charge in [0.25, 0.3) is 0 Å². The second kappa shape index (κ2) is 3.17. The largest absolute Gasteiger partial charge is 0.277 e. The fraction of sp³-hybridized carbons (Fsp3) is 0.286. The Morgan fingerprint density at radius 3 is 2.90 bits per heavy atom. The second-order valence-corrected chi connectivity index (χ2v) is 1.89. The first-order valence-electron chi connectivity index (χ1n) is 3.02. The summed E-state index contributed by atoms with van der Waals surface area (Å²) in [6.07, 6.45) is 3.47. The zero-order chi connectivity index (χ0) is 7.40. The molecule has 54 valence electrons. The molecule has 0 aliphatic rings. The van der Waals surface area contributed by atoms with E-state index in [2.05, 4.69) is 4.98 Å². The molecule has 0 aromatic carbocycles. The number of aromatic nitrogens is 1. The van der Waals surface area contributed by atoms with E-state index in [-0.39, 0.29) is 0 Å². The molecule has 0 unspecified atom stereocenters. The normalized spacial score (nSPS) is 9.40. The average molecular weight is 138 g/mol. The number of hydrogen-bond acceptors (Lipinski definition) is 3. The van der Waals surface area contributed by atoms with Gasteiger partial charge in [0.05, 0.1) is 19.0 Å². The first kappa shape index (κ1) is 7.02. The Hall–Kier alpha value is -1.09. The fourth-order valence-electron chi connectivity index (χ4n) is 0.645. The Balaban J connectivity index is 2.75. The van der Waals surface area contributed by atoms with E-state index in [1.54, 1.807) is 24.6 Å². The number of nitrogens with zero attached hydrogens (tertiary/aromatic N) is 2. The lowest BCUT2D eigenvalue weighted by atomic mass is 10.4. The maximum Gasteiger partial charge on any atom is 0.0816 e. The molecule has 0 N–H and O–H groups in total. The number of hydroxylamine groups is 1. The summed E-state index contributed by atoms with van der Waals surface area (Å²) < 4.78 is 0. The van der Waals surface area contributed by atoms with Crippen molar-refractivity contribution in [2.24, 2.45) is 0 Å². The molecule has 10 heavy (non-hydrogen) atoms. The second-order valence-electron chi connectivity index (χ2n) is 1.89. The van der Waals surface area contributed by atoms with Gasteiger partial charge in [0.1, 0.15) is 0 Å². The molecule has 3 heteroatoms. The van der Waals surface area contributed by atoms with E-state index in [1.807, 2.05) is 19.2 Å². The summed E-state index contributed by atoms with van der Waals surface area (Å²) in [5.74, 6) is 0. The monoisotopic (exact) mass is 138 g/mol. The molecule has 1 aromatic heterocycles. The number of anilines is 1. The highest BCUT2D eigenvalue weighted by molar-refractivity contribution is 5.39. The summed E-state index contributed by atoms with van der Waals surface area (Å²) in [6, 6.07) is 3.79. The number of rotatable bonds is 2. The van der Waals surface area contributed by atoms with Gasteiger partial charge in [0.2, 0.25) is 0 Å². The molecule has 0 fully saturated rings. The average Bonchev–Trinajstić information content (AvgIpc) is 2.05. The van der Waals surface area contributed by atoms with E-state index in [9.17, 15) is 0 Å². The van der Waals surface area contributed by atoms with Crippen molar-refractivity contribution < 1.29 is 4.84 Å². The van der Waals surface area contributed by atoms with Crippen molar-refractivity contribution in [3.05, 3.63) is 24.5 Å². The van der Waals surface area contributed by atoms with Crippen LogP contribution in [0.25, 0.3) is 0 Å². The minimum atomic E-state index is 0.949. The van der Waals surface area contributed by atoms with Crippen LogP contribution in [0.1, 0.15) is 0 Å². The molecule has 1 heterocycles. The van der Waals surface area contributed by atoms with Crippen LogP contribution in [0.15, 0.2) is 24.5 Å². The lowest BCUT2D eigenvalue weighted by Crippen LogP contribution is -2.14. The van der Waals surface area contributed by atoms with Gasteiger partial charge in [-0.1, -0.05) is 0 Å². The molecule has 0 saturated carbocycles. The molecule has 1 rings (SSSR count). The minimum absolute atomic E-state index is 0.949. The Labute approximate surface area is 60.2 Å². The van der Waals surface area contributed by atoms with Crippen molar-refractivity contribution in [2.75, 3.05) is 19.2 Å². The standard InChI is InChI=1S/C7H10N2O/c1-9(10-2)7-4-3-5-8-6-7/h3-6H,1-2H3. The summed E-state index contributed by atoms with van der Waals surface area (Å²) >= 11 is 0. The Morgan fingerprint density at radius 2 is 2.40 bits per heavy atom. The van der Waals surface area contributed by atoms with Gasteiger partial charge in [0.15, 0.2) is 0 Å². The van der Waals surface area contributed by atoms with Gasteiger partial charge >= 0.3 is 0 Å². The first-order valence-corrected chi connectivity index (χ1v) is 3.02. The van der Waals surface area contributed by atoms with Crippen LogP contribution in [0.4, 0.5) is 5.69 Å².